The molecule has 25 heavy (non-hydrogen) atoms. The van der Waals surface area contributed by atoms with Crippen molar-refractivity contribution in [3.8, 4) is 6.07 Å². The summed E-state index contributed by atoms with van der Waals surface area (Å²) >= 11 is 0. The maximum atomic E-state index is 13.3. The van der Waals surface area contributed by atoms with E-state index in [9.17, 15) is 18.4 Å². The first-order chi connectivity index (χ1) is 11.8. The molecule has 0 N–H and O–H groups in total. The number of aryl methyl sites for hydroxylation is 2. The number of aromatic nitrogens is 2. The van der Waals surface area contributed by atoms with E-state index in [1.807, 2.05) is 6.92 Å². The highest BCUT2D eigenvalue weighted by Crippen LogP contribution is 2.17. The SMILES string of the molecule is Cc1nn(C)c(C)c1/C=C/C(=O)C(C#N)C(=O)c1ccc(F)c(F)c1. The quantitative estimate of drug-likeness (QED) is 0.475. The molecular weight excluding hydrogens is 328 g/mol. The van der Waals surface area contributed by atoms with E-state index in [0.29, 0.717) is 17.3 Å². The molecule has 0 spiro atoms. The average Bonchev–Trinajstić information content (AvgIpc) is 2.81. The van der Waals surface area contributed by atoms with Crippen LogP contribution in [0.4, 0.5) is 8.78 Å². The Morgan fingerprint density at radius 1 is 1.28 bits per heavy atom. The fraction of sp³-hybridized carbons (Fsp3) is 0.222. The van der Waals surface area contributed by atoms with E-state index >= 15 is 0 Å². The van der Waals surface area contributed by atoms with Gasteiger partial charge in [-0.1, -0.05) is 0 Å². The largest absolute Gasteiger partial charge is 0.293 e. The van der Waals surface area contributed by atoms with Gasteiger partial charge in [-0.3, -0.25) is 14.3 Å². The van der Waals surface area contributed by atoms with Crippen LogP contribution in [0.3, 0.4) is 0 Å². The molecular formula is C18H15F2N3O2. The van der Waals surface area contributed by atoms with Crippen molar-refractivity contribution in [2.45, 2.75) is 13.8 Å². The van der Waals surface area contributed by atoms with Gasteiger partial charge >= 0.3 is 0 Å². The molecule has 0 aliphatic rings. The van der Waals surface area contributed by atoms with Gasteiger partial charge in [0.25, 0.3) is 0 Å². The van der Waals surface area contributed by atoms with Gasteiger partial charge < -0.3 is 0 Å². The monoisotopic (exact) mass is 343 g/mol. The van der Waals surface area contributed by atoms with Crippen molar-refractivity contribution in [3.63, 3.8) is 0 Å². The Kier molecular flexibility index (Phi) is 5.22. The Labute approximate surface area is 143 Å². The molecule has 0 amide bonds. The molecule has 128 valence electrons. The highest BCUT2D eigenvalue weighted by molar-refractivity contribution is 6.16. The minimum atomic E-state index is -1.63. The third kappa shape index (κ3) is 3.69. The molecule has 2 aromatic rings. The standard InChI is InChI=1S/C18H15F2N3O2/c1-10-13(11(2)23(3)22-10)5-7-17(24)14(9-21)18(25)12-4-6-15(19)16(20)8-12/h4-8,14H,1-3H3/b7-5+. The van der Waals surface area contributed by atoms with Crippen LogP contribution in [-0.4, -0.2) is 21.3 Å². The predicted octanol–water partition coefficient (Wildman–Crippen LogP) is 2.92. The second kappa shape index (κ2) is 7.18. The summed E-state index contributed by atoms with van der Waals surface area (Å²) in [5, 5.41) is 13.4. The molecule has 0 aliphatic carbocycles. The van der Waals surface area contributed by atoms with Crippen LogP contribution in [0.2, 0.25) is 0 Å². The van der Waals surface area contributed by atoms with Crippen LogP contribution in [0.5, 0.6) is 0 Å². The Morgan fingerprint density at radius 2 is 1.96 bits per heavy atom. The normalized spacial score (nSPS) is 12.2. The lowest BCUT2D eigenvalue weighted by atomic mass is 9.94. The number of ketones is 2. The van der Waals surface area contributed by atoms with Crippen LogP contribution < -0.4 is 0 Å². The summed E-state index contributed by atoms with van der Waals surface area (Å²) in [5.74, 6) is -5.57. The number of rotatable bonds is 5. The number of carbonyl (C=O) groups is 2. The van der Waals surface area contributed by atoms with Gasteiger partial charge in [0.05, 0.1) is 11.8 Å². The van der Waals surface area contributed by atoms with Crippen molar-refractivity contribution in [1.82, 2.24) is 9.78 Å². The lowest BCUT2D eigenvalue weighted by Gasteiger charge is -2.05. The second-order valence-electron chi connectivity index (χ2n) is 5.50. The van der Waals surface area contributed by atoms with Crippen LogP contribution in [0.25, 0.3) is 6.08 Å². The number of hydrogen-bond donors (Lipinski definition) is 0. The zero-order valence-electron chi connectivity index (χ0n) is 13.9. The zero-order chi connectivity index (χ0) is 18.7. The van der Waals surface area contributed by atoms with E-state index < -0.39 is 29.1 Å². The third-order valence-corrected chi connectivity index (χ3v) is 3.86. The Morgan fingerprint density at radius 3 is 2.48 bits per heavy atom. The Bertz CT molecular complexity index is 923. The lowest BCUT2D eigenvalue weighted by Crippen LogP contribution is -2.21. The molecule has 0 aliphatic heterocycles. The van der Waals surface area contributed by atoms with E-state index in [2.05, 4.69) is 5.10 Å². The van der Waals surface area contributed by atoms with Gasteiger partial charge in [0, 0.05) is 23.9 Å². The predicted molar refractivity (Wildman–Crippen MR) is 86.5 cm³/mol. The fourth-order valence-electron chi connectivity index (χ4n) is 2.36. The minimum Gasteiger partial charge on any atom is -0.293 e. The topological polar surface area (TPSA) is 75.8 Å². The summed E-state index contributed by atoms with van der Waals surface area (Å²) in [6.45, 7) is 3.59. The maximum absolute atomic E-state index is 13.3. The molecule has 0 saturated carbocycles. The van der Waals surface area contributed by atoms with Gasteiger partial charge in [-0.2, -0.15) is 10.4 Å². The Hall–Kier alpha value is -3.14. The minimum absolute atomic E-state index is 0.235. The fourth-order valence-corrected chi connectivity index (χ4v) is 2.36. The zero-order valence-corrected chi connectivity index (χ0v) is 13.9. The summed E-state index contributed by atoms with van der Waals surface area (Å²) in [7, 11) is 1.76. The molecule has 0 radical (unpaired) electrons. The molecule has 1 aromatic carbocycles. The lowest BCUT2D eigenvalue weighted by molar-refractivity contribution is -0.115. The summed E-state index contributed by atoms with van der Waals surface area (Å²) in [5.41, 5.74) is 2.00. The molecule has 1 unspecified atom stereocenters. The second-order valence-corrected chi connectivity index (χ2v) is 5.50. The number of Topliss-reactive ketones (excluding diaryl/α,β-unsaturated/α-hetero) is 1. The number of hydrogen-bond acceptors (Lipinski definition) is 4. The van der Waals surface area contributed by atoms with Crippen molar-refractivity contribution in [1.29, 1.82) is 5.26 Å². The van der Waals surface area contributed by atoms with Gasteiger partial charge in [0.15, 0.2) is 29.1 Å². The van der Waals surface area contributed by atoms with E-state index in [1.165, 1.54) is 6.08 Å². The molecule has 2 rings (SSSR count). The highest BCUT2D eigenvalue weighted by Gasteiger charge is 2.26. The van der Waals surface area contributed by atoms with Crippen LogP contribution in [0.15, 0.2) is 24.3 Å². The number of nitriles is 1. The smallest absolute Gasteiger partial charge is 0.187 e. The van der Waals surface area contributed by atoms with Gasteiger partial charge in [-0.25, -0.2) is 8.78 Å². The van der Waals surface area contributed by atoms with Crippen molar-refractivity contribution in [2.24, 2.45) is 13.0 Å². The molecule has 0 fully saturated rings. The summed E-state index contributed by atoms with van der Waals surface area (Å²) in [6, 6.07) is 4.11. The van der Waals surface area contributed by atoms with Crippen molar-refractivity contribution >= 4 is 17.6 Å². The van der Waals surface area contributed by atoms with E-state index in [1.54, 1.807) is 24.7 Å². The first kappa shape index (κ1) is 18.2. The molecule has 5 nitrogen and oxygen atoms in total. The number of benzene rings is 1. The van der Waals surface area contributed by atoms with Crippen molar-refractivity contribution < 1.29 is 18.4 Å². The molecule has 1 atom stereocenters. The van der Waals surface area contributed by atoms with E-state index in [-0.39, 0.29) is 5.56 Å². The van der Waals surface area contributed by atoms with Gasteiger partial charge in [0.2, 0.25) is 0 Å². The number of halogens is 2. The average molecular weight is 343 g/mol. The Balaban J connectivity index is 2.26. The molecule has 0 saturated heterocycles. The number of allylic oxidation sites excluding steroid dienone is 1. The molecule has 7 heteroatoms. The first-order valence-electron chi connectivity index (χ1n) is 7.37. The number of nitrogens with zero attached hydrogens (tertiary/aromatic N) is 3. The molecule has 1 heterocycles. The van der Waals surface area contributed by atoms with Gasteiger partial charge in [-0.15, -0.1) is 0 Å². The van der Waals surface area contributed by atoms with Gasteiger partial charge in [0.1, 0.15) is 0 Å². The number of carbonyl (C=O) groups excluding carboxylic acids is 2. The molecule has 1 aromatic heterocycles. The third-order valence-electron chi connectivity index (χ3n) is 3.86. The van der Waals surface area contributed by atoms with Crippen molar-refractivity contribution in [3.05, 3.63) is 58.4 Å². The van der Waals surface area contributed by atoms with Crippen molar-refractivity contribution in [2.75, 3.05) is 0 Å². The van der Waals surface area contributed by atoms with Crippen LogP contribution in [-0.2, 0) is 11.8 Å². The van der Waals surface area contributed by atoms with Crippen LogP contribution in [0, 0.1) is 42.7 Å². The van der Waals surface area contributed by atoms with Gasteiger partial charge in [-0.05, 0) is 44.2 Å². The van der Waals surface area contributed by atoms with Crippen LogP contribution in [0.1, 0.15) is 27.3 Å². The first-order valence-corrected chi connectivity index (χ1v) is 7.37. The summed E-state index contributed by atoms with van der Waals surface area (Å²) < 4.78 is 27.8. The van der Waals surface area contributed by atoms with Crippen LogP contribution >= 0.6 is 0 Å². The summed E-state index contributed by atoms with van der Waals surface area (Å²) in [6.07, 6.45) is 2.62. The van der Waals surface area contributed by atoms with E-state index in [0.717, 1.165) is 23.9 Å². The summed E-state index contributed by atoms with van der Waals surface area (Å²) in [4.78, 5) is 24.5. The maximum Gasteiger partial charge on any atom is 0.187 e. The van der Waals surface area contributed by atoms with E-state index in [4.69, 9.17) is 5.26 Å². The molecule has 0 bridgehead atoms. The highest BCUT2D eigenvalue weighted by atomic mass is 19.2.